The van der Waals surface area contributed by atoms with E-state index in [2.05, 4.69) is 21.5 Å². The number of nitrogens with zero attached hydrogens (tertiary/aromatic N) is 5. The Morgan fingerprint density at radius 1 is 1.10 bits per heavy atom. The van der Waals surface area contributed by atoms with Crippen molar-refractivity contribution in [2.24, 2.45) is 5.92 Å². The Labute approximate surface area is 243 Å². The van der Waals surface area contributed by atoms with E-state index in [0.29, 0.717) is 82.2 Å². The first-order valence-electron chi connectivity index (χ1n) is 13.2. The zero-order chi connectivity index (χ0) is 27.5. The van der Waals surface area contributed by atoms with Gasteiger partial charge in [-0.25, -0.2) is 18.7 Å². The van der Waals surface area contributed by atoms with E-state index in [1.165, 1.54) is 0 Å². The second kappa shape index (κ2) is 10.9. The van der Waals surface area contributed by atoms with Crippen LogP contribution in [0.1, 0.15) is 38.1 Å². The van der Waals surface area contributed by atoms with Gasteiger partial charge in [-0.05, 0) is 30.7 Å². The molecule has 5 aromatic rings. The first kappa shape index (κ1) is 27.9. The maximum atomic E-state index is 13.8. The largest absolute Gasteiger partial charge is 0.459 e. The average molecular weight is 606 g/mol. The Kier molecular flexibility index (Phi) is 7.39. The van der Waals surface area contributed by atoms with Gasteiger partial charge in [0.1, 0.15) is 17.2 Å². The topological polar surface area (TPSA) is 110 Å². The molecule has 0 amide bonds. The van der Waals surface area contributed by atoms with E-state index < -0.39 is 12.2 Å². The molecule has 0 spiro atoms. The summed E-state index contributed by atoms with van der Waals surface area (Å²) in [6.45, 7) is 4.34. The quantitative estimate of drug-likeness (QED) is 0.228. The van der Waals surface area contributed by atoms with Crippen LogP contribution in [0.3, 0.4) is 0 Å². The highest BCUT2D eigenvalue weighted by Crippen LogP contribution is 2.40. The van der Waals surface area contributed by atoms with Crippen LogP contribution in [0.25, 0.3) is 33.1 Å². The minimum Gasteiger partial charge on any atom is -0.459 e. The maximum absolute atomic E-state index is 13.8. The Hall–Kier alpha value is -3.25. The fraction of sp³-hybridized carbons (Fsp3) is 0.393. The molecule has 2 saturated heterocycles. The molecule has 216 valence electrons. The van der Waals surface area contributed by atoms with Gasteiger partial charge in [0.15, 0.2) is 17.2 Å². The lowest BCUT2D eigenvalue weighted by molar-refractivity contribution is 0.0260. The molecule has 7 rings (SSSR count). The molecular weight excluding hydrogens is 579 g/mol. The van der Waals surface area contributed by atoms with Crippen LogP contribution in [0.15, 0.2) is 40.8 Å². The van der Waals surface area contributed by atoms with Crippen LogP contribution < -0.4 is 9.64 Å². The monoisotopic (exact) mass is 605 g/mol. The SMILES string of the molecule is CC1COCC[C@H]1n1c(O[C@H]2CCN(c3nc(C(F)F)nc4c3oc3ccccc34)C2)nc2cc(Cl)cc(Cl)c21.O. The number of alkyl halides is 2. The van der Waals surface area contributed by atoms with E-state index in [0.717, 1.165) is 11.9 Å². The molecule has 0 aliphatic carbocycles. The minimum absolute atomic E-state index is 0. The van der Waals surface area contributed by atoms with Gasteiger partial charge in [0.25, 0.3) is 12.4 Å². The van der Waals surface area contributed by atoms with Gasteiger partial charge in [-0.15, -0.1) is 0 Å². The number of fused-ring (bicyclic) bond motifs is 4. The van der Waals surface area contributed by atoms with Crippen LogP contribution in [0.4, 0.5) is 14.6 Å². The van der Waals surface area contributed by atoms with Gasteiger partial charge in [-0.3, -0.25) is 4.57 Å². The van der Waals surface area contributed by atoms with E-state index in [4.69, 9.17) is 42.1 Å². The molecule has 1 unspecified atom stereocenters. The molecule has 2 aliphatic rings. The number of hydrogen-bond donors (Lipinski definition) is 0. The summed E-state index contributed by atoms with van der Waals surface area (Å²) in [5, 5.41) is 1.67. The number of para-hydroxylation sites is 1. The summed E-state index contributed by atoms with van der Waals surface area (Å²) in [7, 11) is 0. The highest BCUT2D eigenvalue weighted by molar-refractivity contribution is 6.38. The molecule has 0 bridgehead atoms. The van der Waals surface area contributed by atoms with Gasteiger partial charge in [0, 0.05) is 41.9 Å². The second-order valence-corrected chi connectivity index (χ2v) is 11.2. The van der Waals surface area contributed by atoms with Crippen molar-refractivity contribution in [3.63, 3.8) is 0 Å². The first-order valence-corrected chi connectivity index (χ1v) is 14.0. The van der Waals surface area contributed by atoms with Crippen LogP contribution >= 0.6 is 23.2 Å². The molecule has 2 N–H and O–H groups in total. The second-order valence-electron chi connectivity index (χ2n) is 10.4. The smallest absolute Gasteiger partial charge is 0.298 e. The summed E-state index contributed by atoms with van der Waals surface area (Å²) >= 11 is 13.0. The number of anilines is 1. The van der Waals surface area contributed by atoms with Crippen molar-refractivity contribution in [2.75, 3.05) is 31.2 Å². The molecule has 2 aliphatic heterocycles. The molecule has 41 heavy (non-hydrogen) atoms. The Morgan fingerprint density at radius 3 is 2.73 bits per heavy atom. The molecule has 3 aromatic heterocycles. The zero-order valence-corrected chi connectivity index (χ0v) is 23.5. The lowest BCUT2D eigenvalue weighted by Crippen LogP contribution is -2.30. The number of hydrogen-bond acceptors (Lipinski definition) is 7. The molecule has 5 heterocycles. The highest BCUT2D eigenvalue weighted by Gasteiger charge is 2.34. The van der Waals surface area contributed by atoms with E-state index in [9.17, 15) is 8.78 Å². The van der Waals surface area contributed by atoms with E-state index in [1.807, 2.05) is 23.1 Å². The van der Waals surface area contributed by atoms with Crippen LogP contribution in [-0.2, 0) is 4.74 Å². The van der Waals surface area contributed by atoms with Crippen molar-refractivity contribution < 1.29 is 28.1 Å². The van der Waals surface area contributed by atoms with E-state index in [-0.39, 0.29) is 23.5 Å². The molecule has 0 saturated carbocycles. The number of ether oxygens (including phenoxy) is 2. The lowest BCUT2D eigenvalue weighted by Gasteiger charge is -2.31. The van der Waals surface area contributed by atoms with Crippen LogP contribution in [0.2, 0.25) is 10.0 Å². The third-order valence-corrected chi connectivity index (χ3v) is 8.24. The van der Waals surface area contributed by atoms with Gasteiger partial charge >= 0.3 is 0 Å². The van der Waals surface area contributed by atoms with Crippen molar-refractivity contribution in [2.45, 2.75) is 38.3 Å². The van der Waals surface area contributed by atoms with Crippen molar-refractivity contribution in [3.8, 4) is 6.01 Å². The average Bonchev–Trinajstić information content (AvgIpc) is 3.64. The predicted molar refractivity (Wildman–Crippen MR) is 153 cm³/mol. The van der Waals surface area contributed by atoms with Gasteiger partial charge in [-0.1, -0.05) is 42.3 Å². The molecule has 2 fully saturated rings. The summed E-state index contributed by atoms with van der Waals surface area (Å²) in [5.74, 6) is 0.0275. The van der Waals surface area contributed by atoms with Crippen molar-refractivity contribution >= 4 is 62.1 Å². The number of aromatic nitrogens is 4. The lowest BCUT2D eigenvalue weighted by atomic mass is 9.97. The minimum atomic E-state index is -2.82. The first-order chi connectivity index (χ1) is 19.4. The molecular formula is C28H27Cl2F2N5O4. The van der Waals surface area contributed by atoms with Gasteiger partial charge < -0.3 is 24.3 Å². The summed E-state index contributed by atoms with van der Waals surface area (Å²) in [4.78, 5) is 15.1. The Morgan fingerprint density at radius 2 is 1.93 bits per heavy atom. The normalized spacial score (nSPS) is 21.3. The number of benzene rings is 2. The number of rotatable bonds is 5. The molecule has 0 radical (unpaired) electrons. The third-order valence-electron chi connectivity index (χ3n) is 7.73. The van der Waals surface area contributed by atoms with Gasteiger partial charge in [-0.2, -0.15) is 4.98 Å². The summed E-state index contributed by atoms with van der Waals surface area (Å²) in [6.07, 6.45) is -1.66. The molecule has 13 heteroatoms. The molecule has 9 nitrogen and oxygen atoms in total. The van der Waals surface area contributed by atoms with Gasteiger partial charge in [0.05, 0.1) is 29.2 Å². The van der Waals surface area contributed by atoms with E-state index in [1.54, 1.807) is 18.2 Å². The summed E-state index contributed by atoms with van der Waals surface area (Å²) in [5.41, 5.74) is 2.76. The number of halogens is 4. The van der Waals surface area contributed by atoms with E-state index >= 15 is 0 Å². The summed E-state index contributed by atoms with van der Waals surface area (Å²) < 4.78 is 48.0. The fourth-order valence-corrected chi connectivity index (χ4v) is 6.42. The number of imidazole rings is 1. The van der Waals surface area contributed by atoms with Crippen molar-refractivity contribution in [1.29, 1.82) is 0 Å². The third kappa shape index (κ3) is 4.84. The van der Waals surface area contributed by atoms with Crippen molar-refractivity contribution in [3.05, 3.63) is 52.3 Å². The number of furan rings is 1. The van der Waals surface area contributed by atoms with Crippen LogP contribution in [0, 0.1) is 5.92 Å². The van der Waals surface area contributed by atoms with Crippen LogP contribution in [0.5, 0.6) is 6.01 Å². The maximum Gasteiger partial charge on any atom is 0.298 e. The van der Waals surface area contributed by atoms with Gasteiger partial charge in [0.2, 0.25) is 0 Å². The Bertz CT molecular complexity index is 1750. The zero-order valence-electron chi connectivity index (χ0n) is 22.0. The fourth-order valence-electron chi connectivity index (χ4n) is 5.84. The summed E-state index contributed by atoms with van der Waals surface area (Å²) in [6, 6.07) is 11.3. The predicted octanol–water partition coefficient (Wildman–Crippen LogP) is 6.40. The van der Waals surface area contributed by atoms with Crippen LogP contribution in [-0.4, -0.2) is 57.4 Å². The molecule has 2 aromatic carbocycles. The van der Waals surface area contributed by atoms with Crippen molar-refractivity contribution in [1.82, 2.24) is 19.5 Å². The molecule has 3 atom stereocenters. The Balaban J connectivity index is 0.00000302. The highest BCUT2D eigenvalue weighted by atomic mass is 35.5. The standard InChI is InChI=1S/C28H25Cl2F2N5O3.H2O/c1-14-13-38-9-7-20(14)37-23-18(30)10-15(29)11-19(23)33-28(37)39-16-6-8-36(12-16)27-24-22(34-26(35-27)25(31)32)17-4-2-3-5-21(17)40-24;/h2-5,10-11,14,16,20,25H,6-9,12-13H2,1H3;1H2/t14?,16-,20+;/m0./s1.